The molecule has 5 nitrogen and oxygen atoms in total. The number of carboxylic acids is 1. The number of hydrogen-bond donors (Lipinski definition) is 2. The summed E-state index contributed by atoms with van der Waals surface area (Å²) >= 11 is 1.68. The molecular formula is C19H22N2O3S. The van der Waals surface area contributed by atoms with Gasteiger partial charge in [0.2, 0.25) is 0 Å². The Morgan fingerprint density at radius 3 is 2.92 bits per heavy atom. The fourth-order valence-electron chi connectivity index (χ4n) is 4.36. The number of rotatable bonds is 3. The molecule has 2 fully saturated rings. The summed E-state index contributed by atoms with van der Waals surface area (Å²) in [4.78, 5) is 27.2. The molecule has 1 aromatic heterocycles. The van der Waals surface area contributed by atoms with Crippen molar-refractivity contribution in [1.82, 2.24) is 10.2 Å². The van der Waals surface area contributed by atoms with E-state index in [4.69, 9.17) is 0 Å². The zero-order chi connectivity index (χ0) is 17.6. The van der Waals surface area contributed by atoms with Gasteiger partial charge in [0, 0.05) is 22.7 Å². The highest BCUT2D eigenvalue weighted by molar-refractivity contribution is 7.19. The summed E-state index contributed by atoms with van der Waals surface area (Å²) in [5, 5.41) is 13.9. The number of nitrogens with one attached hydrogen (secondary N) is 1. The van der Waals surface area contributed by atoms with Crippen LogP contribution in [-0.2, 0) is 4.79 Å². The largest absolute Gasteiger partial charge is 0.481 e. The number of fused-ring (bicyclic) bond motifs is 2. The van der Waals surface area contributed by atoms with Gasteiger partial charge in [-0.2, -0.15) is 0 Å². The molecule has 2 aromatic rings. The maximum absolute atomic E-state index is 12.7. The van der Waals surface area contributed by atoms with Crippen LogP contribution in [0.4, 0.5) is 4.79 Å². The number of carboxylic acid groups (broad SMARTS) is 1. The average molecular weight is 358 g/mol. The van der Waals surface area contributed by atoms with E-state index in [0.29, 0.717) is 19.5 Å². The predicted molar refractivity (Wildman–Crippen MR) is 97.8 cm³/mol. The van der Waals surface area contributed by atoms with E-state index in [1.807, 2.05) is 19.1 Å². The third-order valence-corrected chi connectivity index (χ3v) is 7.09. The van der Waals surface area contributed by atoms with Crippen molar-refractivity contribution in [1.29, 1.82) is 0 Å². The maximum atomic E-state index is 12.7. The van der Waals surface area contributed by atoms with Gasteiger partial charge in [-0.15, -0.1) is 11.3 Å². The van der Waals surface area contributed by atoms with Crippen LogP contribution in [0.5, 0.6) is 0 Å². The second kappa shape index (κ2) is 6.02. The number of carbonyl (C=O) groups excluding carboxylic acids is 1. The Morgan fingerprint density at radius 2 is 2.20 bits per heavy atom. The van der Waals surface area contributed by atoms with Gasteiger partial charge in [0.05, 0.1) is 11.5 Å². The molecular weight excluding hydrogens is 336 g/mol. The van der Waals surface area contributed by atoms with Crippen LogP contribution in [-0.4, -0.2) is 35.1 Å². The highest BCUT2D eigenvalue weighted by Crippen LogP contribution is 2.48. The molecule has 4 rings (SSSR count). The molecule has 1 saturated heterocycles. The summed E-state index contributed by atoms with van der Waals surface area (Å²) < 4.78 is 1.21. The molecule has 0 radical (unpaired) electrons. The van der Waals surface area contributed by atoms with E-state index in [1.54, 1.807) is 16.2 Å². The van der Waals surface area contributed by atoms with Gasteiger partial charge in [0.25, 0.3) is 0 Å². The first kappa shape index (κ1) is 16.4. The molecule has 2 N–H and O–H groups in total. The maximum Gasteiger partial charge on any atom is 0.317 e. The van der Waals surface area contributed by atoms with Crippen LogP contribution in [0.25, 0.3) is 10.1 Å². The van der Waals surface area contributed by atoms with Gasteiger partial charge in [0.1, 0.15) is 0 Å². The van der Waals surface area contributed by atoms with Crippen LogP contribution in [0.15, 0.2) is 30.3 Å². The lowest BCUT2D eigenvalue weighted by atomic mass is 9.81. The van der Waals surface area contributed by atoms with Gasteiger partial charge in [-0.05, 0) is 43.2 Å². The third kappa shape index (κ3) is 2.68. The number of likely N-dealkylation sites (tertiary alicyclic amines) is 1. The number of benzene rings is 1. The minimum atomic E-state index is -0.747. The fraction of sp³-hybridized carbons (Fsp3) is 0.474. The molecule has 2 aliphatic rings. The second-order valence-electron chi connectivity index (χ2n) is 7.29. The van der Waals surface area contributed by atoms with Gasteiger partial charge in [0.15, 0.2) is 0 Å². The average Bonchev–Trinajstić information content (AvgIpc) is 3.26. The molecule has 1 aliphatic carbocycles. The van der Waals surface area contributed by atoms with E-state index in [9.17, 15) is 14.7 Å². The Bertz CT molecular complexity index is 800. The van der Waals surface area contributed by atoms with Gasteiger partial charge in [-0.1, -0.05) is 24.6 Å². The van der Waals surface area contributed by atoms with Crippen molar-refractivity contribution in [2.75, 3.05) is 13.1 Å². The van der Waals surface area contributed by atoms with E-state index >= 15 is 0 Å². The normalized spacial score (nSPS) is 26.6. The summed E-state index contributed by atoms with van der Waals surface area (Å²) in [6.07, 6.45) is 2.54. The molecule has 25 heavy (non-hydrogen) atoms. The van der Waals surface area contributed by atoms with E-state index in [-0.39, 0.29) is 18.0 Å². The summed E-state index contributed by atoms with van der Waals surface area (Å²) in [5.74, 6) is -0.654. The highest BCUT2D eigenvalue weighted by atomic mass is 32.1. The van der Waals surface area contributed by atoms with Crippen LogP contribution < -0.4 is 5.32 Å². The topological polar surface area (TPSA) is 69.6 Å². The Morgan fingerprint density at radius 1 is 1.40 bits per heavy atom. The van der Waals surface area contributed by atoms with Gasteiger partial charge in [-0.3, -0.25) is 4.79 Å². The van der Waals surface area contributed by atoms with Crippen LogP contribution >= 0.6 is 11.3 Å². The monoisotopic (exact) mass is 358 g/mol. The Balaban J connectivity index is 1.46. The van der Waals surface area contributed by atoms with E-state index in [1.165, 1.54) is 10.1 Å². The molecule has 1 aromatic carbocycles. The number of aliphatic carboxylic acids is 1. The Hall–Kier alpha value is -2.08. The van der Waals surface area contributed by atoms with Gasteiger partial charge >= 0.3 is 12.0 Å². The van der Waals surface area contributed by atoms with Crippen molar-refractivity contribution in [3.63, 3.8) is 0 Å². The van der Waals surface area contributed by atoms with Crippen molar-refractivity contribution in [2.24, 2.45) is 11.3 Å². The lowest BCUT2D eigenvalue weighted by Crippen LogP contribution is -2.42. The summed E-state index contributed by atoms with van der Waals surface area (Å²) in [5.41, 5.74) is -0.724. The molecule has 0 spiro atoms. The molecule has 3 atom stereocenters. The molecule has 1 aliphatic heterocycles. The number of thiophene rings is 1. The zero-order valence-electron chi connectivity index (χ0n) is 14.2. The molecule has 2 heterocycles. The molecule has 1 unspecified atom stereocenters. The Labute approximate surface area is 150 Å². The van der Waals surface area contributed by atoms with Gasteiger partial charge < -0.3 is 15.3 Å². The molecule has 1 saturated carbocycles. The number of hydrogen-bond acceptors (Lipinski definition) is 3. The first-order valence-electron chi connectivity index (χ1n) is 8.77. The number of amides is 2. The number of urea groups is 1. The Kier molecular flexibility index (Phi) is 3.95. The molecule has 2 amide bonds. The lowest BCUT2D eigenvalue weighted by molar-refractivity contribution is -0.149. The molecule has 0 bridgehead atoms. The summed E-state index contributed by atoms with van der Waals surface area (Å²) in [6, 6.07) is 10.0. The summed E-state index contributed by atoms with van der Waals surface area (Å²) in [7, 11) is 0. The van der Waals surface area contributed by atoms with Crippen molar-refractivity contribution >= 4 is 33.4 Å². The minimum absolute atomic E-state index is 0.0916. The van der Waals surface area contributed by atoms with Crippen LogP contribution in [0.3, 0.4) is 0 Å². The van der Waals surface area contributed by atoms with E-state index in [2.05, 4.69) is 23.5 Å². The summed E-state index contributed by atoms with van der Waals surface area (Å²) in [6.45, 7) is 2.86. The number of nitrogens with zero attached hydrogens (tertiary/aromatic N) is 1. The van der Waals surface area contributed by atoms with Crippen molar-refractivity contribution in [3.05, 3.63) is 35.2 Å². The first-order chi connectivity index (χ1) is 12.0. The zero-order valence-corrected chi connectivity index (χ0v) is 15.0. The second-order valence-corrected chi connectivity index (χ2v) is 8.40. The smallest absolute Gasteiger partial charge is 0.317 e. The first-order valence-corrected chi connectivity index (χ1v) is 9.58. The standard InChI is InChI=1S/C19H22N2O3S/c1-12(16-9-13-5-2-3-7-15(13)25-16)20-18(24)21-10-14-6-4-8-19(14,11-21)17(22)23/h2-3,5,7,9,12,14H,4,6,8,10-11H2,1H3,(H,20,24)(H,22,23)/t12?,14-,19+/m0/s1. The van der Waals surface area contributed by atoms with Crippen molar-refractivity contribution in [2.45, 2.75) is 32.2 Å². The van der Waals surface area contributed by atoms with Crippen LogP contribution in [0, 0.1) is 11.3 Å². The molecule has 132 valence electrons. The van der Waals surface area contributed by atoms with Gasteiger partial charge in [-0.25, -0.2) is 4.79 Å². The third-order valence-electron chi connectivity index (χ3n) is 5.80. The van der Waals surface area contributed by atoms with E-state index in [0.717, 1.165) is 17.7 Å². The lowest BCUT2D eigenvalue weighted by Gasteiger charge is -2.24. The number of carbonyl (C=O) groups is 2. The van der Waals surface area contributed by atoms with Crippen molar-refractivity contribution in [3.8, 4) is 0 Å². The van der Waals surface area contributed by atoms with Crippen molar-refractivity contribution < 1.29 is 14.7 Å². The SMILES string of the molecule is CC(NC(=O)N1C[C@@H]2CCC[C@@]2(C(=O)O)C1)c1cc2ccccc2s1. The fourth-order valence-corrected chi connectivity index (χ4v) is 5.42. The van der Waals surface area contributed by atoms with E-state index < -0.39 is 11.4 Å². The quantitative estimate of drug-likeness (QED) is 0.875. The van der Waals surface area contributed by atoms with Crippen LogP contribution in [0.2, 0.25) is 0 Å². The highest BCUT2D eigenvalue weighted by Gasteiger charge is 2.55. The predicted octanol–water partition coefficient (Wildman–Crippen LogP) is 3.86. The minimum Gasteiger partial charge on any atom is -0.481 e. The molecule has 6 heteroatoms. The van der Waals surface area contributed by atoms with Crippen LogP contribution in [0.1, 0.15) is 37.1 Å².